The van der Waals surface area contributed by atoms with Gasteiger partial charge < -0.3 is 10.4 Å². The number of hydrogen-bond donors (Lipinski definition) is 2. The average Bonchev–Trinajstić information content (AvgIpc) is 2.39. The minimum Gasteiger partial charge on any atom is -0.396 e. The van der Waals surface area contributed by atoms with E-state index in [9.17, 15) is 5.11 Å². The van der Waals surface area contributed by atoms with Crippen LogP contribution >= 0.6 is 0 Å². The van der Waals surface area contributed by atoms with Crippen molar-refractivity contribution in [1.82, 2.24) is 5.32 Å². The van der Waals surface area contributed by atoms with E-state index in [4.69, 9.17) is 0 Å². The monoisotopic (exact) mass is 233 g/mol. The van der Waals surface area contributed by atoms with Gasteiger partial charge in [-0.15, -0.1) is 0 Å². The van der Waals surface area contributed by atoms with Crippen molar-refractivity contribution in [3.8, 4) is 0 Å². The zero-order valence-corrected chi connectivity index (χ0v) is 10.8. The predicted molar refractivity (Wildman–Crippen MR) is 71.3 cm³/mol. The predicted octanol–water partition coefficient (Wildman–Crippen LogP) is 2.50. The highest BCUT2D eigenvalue weighted by Gasteiger charge is 2.25. The molecule has 94 valence electrons. The first-order valence-electron chi connectivity index (χ1n) is 6.63. The molecule has 2 rings (SSSR count). The third-order valence-electron chi connectivity index (χ3n) is 3.89. The minimum atomic E-state index is 0.304. The molecule has 1 aromatic carbocycles. The molecular formula is C15H23NO. The number of benzene rings is 1. The fourth-order valence-corrected chi connectivity index (χ4v) is 2.65. The largest absolute Gasteiger partial charge is 0.396 e. The van der Waals surface area contributed by atoms with Crippen molar-refractivity contribution in [3.05, 3.63) is 35.4 Å². The van der Waals surface area contributed by atoms with E-state index in [-0.39, 0.29) is 0 Å². The van der Waals surface area contributed by atoms with Gasteiger partial charge in [0.1, 0.15) is 0 Å². The molecule has 2 heteroatoms. The molecule has 0 bridgehead atoms. The molecule has 2 nitrogen and oxygen atoms in total. The summed E-state index contributed by atoms with van der Waals surface area (Å²) in [6.07, 6.45) is 1.08. The molecule has 0 aliphatic carbocycles. The molecular weight excluding hydrogens is 210 g/mol. The van der Waals surface area contributed by atoms with Crippen LogP contribution < -0.4 is 5.32 Å². The van der Waals surface area contributed by atoms with Gasteiger partial charge in [0.15, 0.2) is 0 Å². The zero-order chi connectivity index (χ0) is 12.3. The molecule has 1 heterocycles. The summed E-state index contributed by atoms with van der Waals surface area (Å²) < 4.78 is 0. The lowest BCUT2D eigenvalue weighted by Crippen LogP contribution is -2.36. The molecule has 0 spiro atoms. The molecule has 1 aliphatic rings. The third-order valence-corrected chi connectivity index (χ3v) is 3.89. The Morgan fingerprint density at radius 3 is 2.59 bits per heavy atom. The summed E-state index contributed by atoms with van der Waals surface area (Å²) in [4.78, 5) is 0. The Hall–Kier alpha value is -0.860. The Kier molecular flexibility index (Phi) is 4.19. The number of piperidine rings is 1. The number of nitrogens with one attached hydrogen (secondary N) is 1. The maximum atomic E-state index is 9.44. The van der Waals surface area contributed by atoms with E-state index in [1.165, 1.54) is 11.1 Å². The van der Waals surface area contributed by atoms with Crippen molar-refractivity contribution in [1.29, 1.82) is 0 Å². The third kappa shape index (κ3) is 2.88. The Morgan fingerprint density at radius 2 is 2.00 bits per heavy atom. The highest BCUT2D eigenvalue weighted by atomic mass is 16.3. The van der Waals surface area contributed by atoms with Gasteiger partial charge in [0.2, 0.25) is 0 Å². The topological polar surface area (TPSA) is 32.3 Å². The van der Waals surface area contributed by atoms with Gasteiger partial charge in [-0.2, -0.15) is 0 Å². The molecule has 1 aliphatic heterocycles. The Balaban J connectivity index is 2.15. The van der Waals surface area contributed by atoms with Crippen LogP contribution in [0.3, 0.4) is 0 Å². The highest BCUT2D eigenvalue weighted by molar-refractivity contribution is 5.28. The van der Waals surface area contributed by atoms with E-state index in [2.05, 4.69) is 43.4 Å². The van der Waals surface area contributed by atoms with Crippen molar-refractivity contribution in [2.75, 3.05) is 19.7 Å². The molecule has 2 atom stereocenters. The van der Waals surface area contributed by atoms with Crippen LogP contribution in [0.2, 0.25) is 0 Å². The normalized spacial score (nSPS) is 25.2. The molecule has 1 aromatic rings. The SMILES string of the molecule is CC(C)c1ccc(C2CNCCC2CO)cc1. The Bertz CT molecular complexity index is 344. The Morgan fingerprint density at radius 1 is 1.29 bits per heavy atom. The van der Waals surface area contributed by atoms with Crippen LogP contribution in [0.1, 0.15) is 43.2 Å². The summed E-state index contributed by atoms with van der Waals surface area (Å²) >= 11 is 0. The van der Waals surface area contributed by atoms with Crippen molar-refractivity contribution < 1.29 is 5.11 Å². The molecule has 17 heavy (non-hydrogen) atoms. The van der Waals surface area contributed by atoms with Gasteiger partial charge in [0.25, 0.3) is 0 Å². The lowest BCUT2D eigenvalue weighted by Gasteiger charge is -2.31. The summed E-state index contributed by atoms with van der Waals surface area (Å²) in [6.45, 7) is 6.76. The lowest BCUT2D eigenvalue weighted by atomic mass is 9.81. The van der Waals surface area contributed by atoms with Crippen LogP contribution in [-0.4, -0.2) is 24.8 Å². The first-order chi connectivity index (χ1) is 8.22. The molecule has 0 aromatic heterocycles. The zero-order valence-electron chi connectivity index (χ0n) is 10.8. The summed E-state index contributed by atoms with van der Waals surface area (Å²) in [5.74, 6) is 1.47. The second-order valence-electron chi connectivity index (χ2n) is 5.36. The molecule has 0 saturated carbocycles. The Labute approximate surface area is 104 Å². The first-order valence-corrected chi connectivity index (χ1v) is 6.63. The van der Waals surface area contributed by atoms with Gasteiger partial charge in [-0.05, 0) is 35.9 Å². The summed E-state index contributed by atoms with van der Waals surface area (Å²) in [7, 11) is 0. The van der Waals surface area contributed by atoms with Gasteiger partial charge in [0.05, 0.1) is 0 Å². The maximum absolute atomic E-state index is 9.44. The van der Waals surface area contributed by atoms with Crippen molar-refractivity contribution in [2.45, 2.75) is 32.1 Å². The molecule has 2 unspecified atom stereocenters. The second-order valence-corrected chi connectivity index (χ2v) is 5.36. The van der Waals surface area contributed by atoms with Crippen molar-refractivity contribution in [2.24, 2.45) is 5.92 Å². The summed E-state index contributed by atoms with van der Waals surface area (Å²) in [5.41, 5.74) is 2.75. The van der Waals surface area contributed by atoms with Crippen LogP contribution in [0.15, 0.2) is 24.3 Å². The van der Waals surface area contributed by atoms with E-state index < -0.39 is 0 Å². The van der Waals surface area contributed by atoms with Crippen LogP contribution in [0.25, 0.3) is 0 Å². The van der Waals surface area contributed by atoms with E-state index in [1.54, 1.807) is 0 Å². The standard InChI is InChI=1S/C15H23NO/c1-11(2)12-3-5-13(6-4-12)15-9-16-8-7-14(15)10-17/h3-6,11,14-17H,7-10H2,1-2H3. The summed E-state index contributed by atoms with van der Waals surface area (Å²) in [5, 5.41) is 12.9. The quantitative estimate of drug-likeness (QED) is 0.840. The van der Waals surface area contributed by atoms with Crippen molar-refractivity contribution in [3.63, 3.8) is 0 Å². The molecule has 2 N–H and O–H groups in total. The number of rotatable bonds is 3. The van der Waals surface area contributed by atoms with Crippen LogP contribution in [0, 0.1) is 5.92 Å². The van der Waals surface area contributed by atoms with E-state index in [1.807, 2.05) is 0 Å². The van der Waals surface area contributed by atoms with Gasteiger partial charge in [-0.25, -0.2) is 0 Å². The van der Waals surface area contributed by atoms with Crippen LogP contribution in [0.5, 0.6) is 0 Å². The second kappa shape index (κ2) is 5.65. The average molecular weight is 233 g/mol. The lowest BCUT2D eigenvalue weighted by molar-refractivity contribution is 0.176. The number of aliphatic hydroxyl groups excluding tert-OH is 1. The molecule has 1 saturated heterocycles. The number of hydrogen-bond acceptors (Lipinski definition) is 2. The number of aliphatic hydroxyl groups is 1. The minimum absolute atomic E-state index is 0.304. The molecule has 1 fully saturated rings. The van der Waals surface area contributed by atoms with Gasteiger partial charge in [-0.3, -0.25) is 0 Å². The summed E-state index contributed by atoms with van der Waals surface area (Å²) in [6, 6.07) is 8.91. The highest BCUT2D eigenvalue weighted by Crippen LogP contribution is 2.29. The van der Waals surface area contributed by atoms with E-state index in [0.29, 0.717) is 24.4 Å². The fraction of sp³-hybridized carbons (Fsp3) is 0.600. The van der Waals surface area contributed by atoms with Crippen LogP contribution in [-0.2, 0) is 0 Å². The van der Waals surface area contributed by atoms with Gasteiger partial charge in [0, 0.05) is 19.1 Å². The van der Waals surface area contributed by atoms with Gasteiger partial charge >= 0.3 is 0 Å². The molecule has 0 radical (unpaired) electrons. The van der Waals surface area contributed by atoms with Crippen molar-refractivity contribution >= 4 is 0 Å². The molecule has 0 amide bonds. The van der Waals surface area contributed by atoms with E-state index >= 15 is 0 Å². The first kappa shape index (κ1) is 12.6. The van der Waals surface area contributed by atoms with Gasteiger partial charge in [-0.1, -0.05) is 38.1 Å². The maximum Gasteiger partial charge on any atom is 0.0466 e. The van der Waals surface area contributed by atoms with E-state index in [0.717, 1.165) is 19.5 Å². The smallest absolute Gasteiger partial charge is 0.0466 e. The fourth-order valence-electron chi connectivity index (χ4n) is 2.65. The van der Waals surface area contributed by atoms with Crippen LogP contribution in [0.4, 0.5) is 0 Å².